The van der Waals surface area contributed by atoms with Crippen molar-refractivity contribution in [1.82, 2.24) is 0 Å². The lowest BCUT2D eigenvalue weighted by atomic mass is 9.47. The molecule has 0 saturated heterocycles. The summed E-state index contributed by atoms with van der Waals surface area (Å²) in [6.45, 7) is 17.1. The van der Waals surface area contributed by atoms with Gasteiger partial charge in [-0.25, -0.2) is 4.79 Å². The van der Waals surface area contributed by atoms with Gasteiger partial charge in [0.1, 0.15) is 0 Å². The zero-order valence-electron chi connectivity index (χ0n) is 31.1. The number of anilines is 2. The van der Waals surface area contributed by atoms with E-state index in [-0.39, 0.29) is 23.3 Å². The van der Waals surface area contributed by atoms with Gasteiger partial charge in [0.25, 0.3) is 0 Å². The van der Waals surface area contributed by atoms with E-state index in [4.69, 9.17) is 9.47 Å². The monoisotopic (exact) mass is 1030 g/mol. The van der Waals surface area contributed by atoms with E-state index in [2.05, 4.69) is 119 Å². The predicted molar refractivity (Wildman–Crippen MR) is 226 cm³/mol. The third-order valence-electron chi connectivity index (χ3n) is 13.0. The third-order valence-corrected chi connectivity index (χ3v) is 16.3. The number of ether oxygens (including phenoxy) is 2. The van der Waals surface area contributed by atoms with Crippen LogP contribution in [0.15, 0.2) is 11.6 Å². The van der Waals surface area contributed by atoms with Gasteiger partial charge in [-0.1, -0.05) is 65.5 Å². The minimum Gasteiger partial charge on any atom is -0.432 e. The Hall–Kier alpha value is -0.480. The highest BCUT2D eigenvalue weighted by Crippen LogP contribution is 2.67. The summed E-state index contributed by atoms with van der Waals surface area (Å²) < 4.78 is 14.1. The van der Waals surface area contributed by atoms with Crippen LogP contribution >= 0.6 is 67.8 Å². The topological polar surface area (TPSA) is 93.7 Å². The van der Waals surface area contributed by atoms with E-state index >= 15 is 0 Å². The van der Waals surface area contributed by atoms with Crippen molar-refractivity contribution in [2.24, 2.45) is 46.3 Å². The van der Waals surface area contributed by atoms with E-state index in [9.17, 15) is 14.4 Å². The molecule has 7 nitrogen and oxygen atoms in total. The number of rotatable bonds is 11. The molecule has 2 N–H and O–H groups in total. The van der Waals surface area contributed by atoms with Gasteiger partial charge in [0.15, 0.2) is 0 Å². The fraction of sp³-hybridized carbons (Fsp3) is 0.725. The summed E-state index contributed by atoms with van der Waals surface area (Å²) in [6.07, 6.45) is 15.6. The van der Waals surface area contributed by atoms with E-state index in [1.165, 1.54) is 65.2 Å². The molecule has 5 rings (SSSR count). The Labute approximate surface area is 341 Å². The lowest BCUT2D eigenvalue weighted by Crippen LogP contribution is -2.51. The Morgan fingerprint density at radius 1 is 0.860 bits per heavy atom. The van der Waals surface area contributed by atoms with Crippen LogP contribution in [0.4, 0.5) is 11.4 Å². The second-order valence-corrected chi connectivity index (χ2v) is 19.9. The molecule has 0 aliphatic heterocycles. The number of amides is 2. The van der Waals surface area contributed by atoms with Gasteiger partial charge >= 0.3 is 5.97 Å². The number of nitrogens with one attached hydrogen (secondary N) is 2. The Balaban J connectivity index is 1.25. The first-order valence-electron chi connectivity index (χ1n) is 18.8. The molecule has 0 heterocycles. The van der Waals surface area contributed by atoms with Crippen LogP contribution in [0.5, 0.6) is 0 Å². The predicted octanol–water partition coefficient (Wildman–Crippen LogP) is 11.3. The lowest BCUT2D eigenvalue weighted by Gasteiger charge is -2.58. The SMILES string of the molecule is CC(=O)Nc1c(I)c(NC(C)=O)c(I)c(C(=O)OC(C)O[C@H]2CC[C@@]3(C)C(=CCC4C3CC[C@@]3(C)C4CC[C@@H]3[C@H](C)CCCC(C)C)C2)c1I. The van der Waals surface area contributed by atoms with Crippen LogP contribution < -0.4 is 10.6 Å². The molecule has 0 spiro atoms. The number of halogens is 3. The molecule has 0 bridgehead atoms. The molecule has 9 atom stereocenters. The van der Waals surface area contributed by atoms with Gasteiger partial charge in [-0.3, -0.25) is 9.59 Å². The Kier molecular flexibility index (Phi) is 13.4. The average Bonchev–Trinajstić information content (AvgIpc) is 3.38. The average molecular weight is 1030 g/mol. The molecule has 2 amide bonds. The minimum absolute atomic E-state index is 0.00942. The largest absolute Gasteiger partial charge is 0.432 e. The van der Waals surface area contributed by atoms with Crippen LogP contribution in [-0.4, -0.2) is 30.2 Å². The molecule has 3 saturated carbocycles. The molecule has 4 unspecified atom stereocenters. The van der Waals surface area contributed by atoms with Crippen molar-refractivity contribution < 1.29 is 23.9 Å². The number of fused-ring (bicyclic) bond motifs is 5. The highest BCUT2D eigenvalue weighted by Gasteiger charge is 2.59. The maximum atomic E-state index is 13.7. The van der Waals surface area contributed by atoms with Gasteiger partial charge in [0.2, 0.25) is 18.1 Å². The molecular weight excluding hydrogens is 969 g/mol. The van der Waals surface area contributed by atoms with Crippen LogP contribution in [-0.2, 0) is 19.1 Å². The van der Waals surface area contributed by atoms with E-state index in [1.54, 1.807) is 12.5 Å². The van der Waals surface area contributed by atoms with E-state index in [0.29, 0.717) is 33.1 Å². The van der Waals surface area contributed by atoms with Crippen molar-refractivity contribution >= 4 is 96.9 Å². The fourth-order valence-electron chi connectivity index (χ4n) is 10.7. The molecule has 1 aromatic rings. The van der Waals surface area contributed by atoms with E-state index in [1.807, 2.05) is 0 Å². The van der Waals surface area contributed by atoms with Crippen LogP contribution in [0.3, 0.4) is 0 Å². The maximum Gasteiger partial charge on any atom is 0.342 e. The number of allylic oxidation sites excluding steroid dienone is 1. The smallest absolute Gasteiger partial charge is 0.342 e. The molecular formula is C40H57I3N2O5. The third kappa shape index (κ3) is 8.27. The van der Waals surface area contributed by atoms with Crippen LogP contribution in [0.2, 0.25) is 0 Å². The molecule has 4 aliphatic rings. The molecule has 10 heteroatoms. The quantitative estimate of drug-likeness (QED) is 0.0997. The summed E-state index contributed by atoms with van der Waals surface area (Å²) in [5.74, 6) is 3.78. The number of carbonyl (C=O) groups is 3. The van der Waals surface area contributed by atoms with Gasteiger partial charge in [0, 0.05) is 13.8 Å². The highest BCUT2D eigenvalue weighted by atomic mass is 127. The second kappa shape index (κ2) is 16.5. The van der Waals surface area contributed by atoms with Crippen molar-refractivity contribution in [2.75, 3.05) is 10.6 Å². The van der Waals surface area contributed by atoms with Crippen molar-refractivity contribution in [3.63, 3.8) is 0 Å². The molecule has 0 aromatic heterocycles. The summed E-state index contributed by atoms with van der Waals surface area (Å²) in [5.41, 5.74) is 3.51. The molecule has 4 aliphatic carbocycles. The zero-order valence-corrected chi connectivity index (χ0v) is 37.6. The van der Waals surface area contributed by atoms with Gasteiger partial charge in [-0.2, -0.15) is 0 Å². The summed E-state index contributed by atoms with van der Waals surface area (Å²) in [5, 5.41) is 5.65. The van der Waals surface area contributed by atoms with Crippen molar-refractivity contribution in [3.05, 3.63) is 27.9 Å². The van der Waals surface area contributed by atoms with E-state index in [0.717, 1.165) is 54.8 Å². The van der Waals surface area contributed by atoms with Gasteiger partial charge in [-0.15, -0.1) is 0 Å². The first-order valence-corrected chi connectivity index (χ1v) is 22.0. The molecule has 0 radical (unpaired) electrons. The van der Waals surface area contributed by atoms with Crippen molar-refractivity contribution in [2.45, 2.75) is 138 Å². The fourth-order valence-corrected chi connectivity index (χ4v) is 14.8. The number of hydrogen-bond acceptors (Lipinski definition) is 5. The van der Waals surface area contributed by atoms with Gasteiger partial charge < -0.3 is 20.1 Å². The summed E-state index contributed by atoms with van der Waals surface area (Å²) >= 11 is 6.21. The molecule has 3 fully saturated rings. The van der Waals surface area contributed by atoms with E-state index < -0.39 is 12.3 Å². The Bertz CT molecular complexity index is 1470. The summed E-state index contributed by atoms with van der Waals surface area (Å²) in [7, 11) is 0. The van der Waals surface area contributed by atoms with Crippen molar-refractivity contribution in [1.29, 1.82) is 0 Å². The van der Waals surface area contributed by atoms with Crippen LogP contribution in [0.1, 0.15) is 136 Å². The number of benzene rings is 1. The first kappa shape index (κ1) is 40.7. The van der Waals surface area contributed by atoms with Gasteiger partial charge in [0.05, 0.1) is 33.8 Å². The van der Waals surface area contributed by atoms with Crippen molar-refractivity contribution in [3.8, 4) is 0 Å². The summed E-state index contributed by atoms with van der Waals surface area (Å²) in [4.78, 5) is 37.7. The minimum atomic E-state index is -0.749. The Morgan fingerprint density at radius 2 is 1.50 bits per heavy atom. The zero-order chi connectivity index (χ0) is 36.7. The normalized spacial score (nSPS) is 31.5. The number of carbonyl (C=O) groups excluding carboxylic acids is 3. The highest BCUT2D eigenvalue weighted by molar-refractivity contribution is 14.1. The first-order chi connectivity index (χ1) is 23.5. The number of esters is 1. The Morgan fingerprint density at radius 3 is 2.10 bits per heavy atom. The molecule has 278 valence electrons. The number of hydrogen-bond donors (Lipinski definition) is 2. The van der Waals surface area contributed by atoms with Crippen LogP contribution in [0.25, 0.3) is 0 Å². The molecule has 1 aromatic carbocycles. The second-order valence-electron chi connectivity index (χ2n) is 16.7. The van der Waals surface area contributed by atoms with Crippen LogP contribution in [0, 0.1) is 57.0 Å². The molecule has 50 heavy (non-hydrogen) atoms. The summed E-state index contributed by atoms with van der Waals surface area (Å²) in [6, 6.07) is 0. The van der Waals surface area contributed by atoms with Gasteiger partial charge in [-0.05, 0) is 172 Å². The standard InChI is InChI=1S/C40H57I3N2O5/c1-21(2)10-9-11-22(3)29-14-15-30-28-13-12-26-20-27(16-18-39(26,7)31(28)17-19-40(29,30)8)49-25(6)50-38(48)32-33(41)36(44-23(4)46)35(43)37(34(32)42)45-24(5)47/h12,21-22,25,27-31H,9-11,13-20H2,1-8H3,(H,44,46)(H,45,47)/t22-,25?,27+,28?,29-,30?,31?,39+,40-/m1/s1. The lowest BCUT2D eigenvalue weighted by molar-refractivity contribution is -0.143. The maximum absolute atomic E-state index is 13.7.